The molecule has 0 aliphatic carbocycles. The Hall–Kier alpha value is -1.60. The van der Waals surface area contributed by atoms with Gasteiger partial charge in [-0.25, -0.2) is 8.42 Å². The van der Waals surface area contributed by atoms with E-state index in [4.69, 9.17) is 4.74 Å². The lowest BCUT2D eigenvalue weighted by Gasteiger charge is -2.29. The number of thiazole rings is 1. The van der Waals surface area contributed by atoms with E-state index in [1.807, 2.05) is 37.3 Å². The Kier molecular flexibility index (Phi) is 11.4. The number of likely N-dealkylation sites (N-methyl/N-ethyl adjacent to an activating group) is 1. The van der Waals surface area contributed by atoms with Crippen molar-refractivity contribution in [1.82, 2.24) is 15.0 Å². The largest absolute Gasteiger partial charge is 0.506 e. The first-order chi connectivity index (χ1) is 15.8. The standard InChI is InChI=1S/C22H29N3O5S3.ClH/c1-3-14-33(28,29)25-21(23-4-2)19(30-12-13-31-15-8-6-5-7-9-15)16-10-11-17(26)18-20(16)32-22(27)24-18;/h5-11,19,21,23,25-26H,3-4,12-14H2,1-2H3,(H,24,27);1H. The van der Waals surface area contributed by atoms with Crippen molar-refractivity contribution in [3.63, 3.8) is 0 Å². The summed E-state index contributed by atoms with van der Waals surface area (Å²) < 4.78 is 34.7. The number of sulfonamides is 1. The monoisotopic (exact) mass is 547 g/mol. The van der Waals surface area contributed by atoms with Gasteiger partial charge in [0.25, 0.3) is 0 Å². The number of aromatic hydroxyl groups is 1. The second kappa shape index (κ2) is 13.5. The van der Waals surface area contributed by atoms with Gasteiger partial charge in [-0.3, -0.25) is 10.1 Å². The van der Waals surface area contributed by atoms with Crippen LogP contribution < -0.4 is 14.9 Å². The zero-order chi connectivity index (χ0) is 23.8. The number of nitrogens with one attached hydrogen (secondary N) is 3. The van der Waals surface area contributed by atoms with Crippen LogP contribution in [0.25, 0.3) is 10.2 Å². The molecular formula is C22H30ClN3O5S3. The average molecular weight is 548 g/mol. The van der Waals surface area contributed by atoms with Crippen molar-refractivity contribution in [2.24, 2.45) is 0 Å². The van der Waals surface area contributed by atoms with Crippen molar-refractivity contribution in [2.75, 3.05) is 24.7 Å². The third-order valence-electron chi connectivity index (χ3n) is 4.79. The minimum atomic E-state index is -3.55. The molecule has 8 nitrogen and oxygen atoms in total. The summed E-state index contributed by atoms with van der Waals surface area (Å²) in [5.74, 6) is 0.608. The summed E-state index contributed by atoms with van der Waals surface area (Å²) in [4.78, 5) is 15.5. The number of fused-ring (bicyclic) bond motifs is 1. The number of phenols is 1. The van der Waals surface area contributed by atoms with Gasteiger partial charge in [-0.15, -0.1) is 24.2 Å². The molecule has 0 bridgehead atoms. The van der Waals surface area contributed by atoms with Gasteiger partial charge in [-0.1, -0.05) is 49.4 Å². The van der Waals surface area contributed by atoms with Gasteiger partial charge in [0.1, 0.15) is 23.5 Å². The number of hydrogen-bond acceptors (Lipinski definition) is 8. The minimum Gasteiger partial charge on any atom is -0.506 e. The Balaban J connectivity index is 0.00000408. The van der Waals surface area contributed by atoms with Crippen LogP contribution in [-0.2, 0) is 14.8 Å². The van der Waals surface area contributed by atoms with Crippen LogP contribution in [0.2, 0.25) is 0 Å². The van der Waals surface area contributed by atoms with Gasteiger partial charge in [0.05, 0.1) is 17.1 Å². The molecule has 1 aromatic heterocycles. The average Bonchev–Trinajstić information content (AvgIpc) is 3.17. The van der Waals surface area contributed by atoms with Gasteiger partial charge in [0.2, 0.25) is 10.0 Å². The topological polar surface area (TPSA) is 121 Å². The highest BCUT2D eigenvalue weighted by Gasteiger charge is 2.30. The smallest absolute Gasteiger partial charge is 0.305 e. The minimum absolute atomic E-state index is 0. The number of aromatic amines is 1. The molecule has 4 N–H and O–H groups in total. The van der Waals surface area contributed by atoms with Crippen molar-refractivity contribution in [3.05, 3.63) is 57.7 Å². The fourth-order valence-corrected chi connectivity index (χ4v) is 6.34. The first-order valence-corrected chi connectivity index (χ1v) is 14.2. The van der Waals surface area contributed by atoms with E-state index in [0.29, 0.717) is 41.1 Å². The summed E-state index contributed by atoms with van der Waals surface area (Å²) in [5.41, 5.74) is 0.947. The lowest BCUT2D eigenvalue weighted by Crippen LogP contribution is -2.50. The van der Waals surface area contributed by atoms with E-state index in [-0.39, 0.29) is 28.8 Å². The Labute approximate surface area is 214 Å². The molecule has 3 aromatic rings. The third-order valence-corrected chi connectivity index (χ3v) is 8.26. The van der Waals surface area contributed by atoms with Crippen LogP contribution in [0.4, 0.5) is 0 Å². The number of halogens is 1. The molecule has 2 unspecified atom stereocenters. The molecule has 12 heteroatoms. The van der Waals surface area contributed by atoms with Gasteiger partial charge < -0.3 is 14.8 Å². The van der Waals surface area contributed by atoms with Crippen LogP contribution >= 0.6 is 35.5 Å². The van der Waals surface area contributed by atoms with Crippen LogP contribution in [0.1, 0.15) is 31.9 Å². The molecule has 1 heterocycles. The lowest BCUT2D eigenvalue weighted by molar-refractivity contribution is 0.0332. The van der Waals surface area contributed by atoms with Gasteiger partial charge >= 0.3 is 4.87 Å². The highest BCUT2D eigenvalue weighted by atomic mass is 35.5. The second-order valence-electron chi connectivity index (χ2n) is 7.32. The fourth-order valence-electron chi connectivity index (χ4n) is 3.43. The number of aromatic nitrogens is 1. The summed E-state index contributed by atoms with van der Waals surface area (Å²) in [5, 5.41) is 13.4. The number of ether oxygens (including phenoxy) is 1. The summed E-state index contributed by atoms with van der Waals surface area (Å²) >= 11 is 2.60. The van der Waals surface area contributed by atoms with E-state index in [2.05, 4.69) is 15.0 Å². The highest BCUT2D eigenvalue weighted by Crippen LogP contribution is 2.34. The van der Waals surface area contributed by atoms with Gasteiger partial charge in [0.15, 0.2) is 0 Å². The number of hydrogen-bond donors (Lipinski definition) is 4. The molecule has 0 spiro atoms. The Morgan fingerprint density at radius 2 is 1.91 bits per heavy atom. The molecule has 34 heavy (non-hydrogen) atoms. The van der Waals surface area contributed by atoms with Crippen molar-refractivity contribution in [3.8, 4) is 5.75 Å². The Bertz CT molecular complexity index is 1200. The van der Waals surface area contributed by atoms with E-state index < -0.39 is 22.3 Å². The molecule has 0 saturated carbocycles. The van der Waals surface area contributed by atoms with Crippen molar-refractivity contribution < 1.29 is 18.3 Å². The molecule has 2 aromatic carbocycles. The van der Waals surface area contributed by atoms with Gasteiger partial charge in [0, 0.05) is 16.2 Å². The number of benzene rings is 2. The molecular weight excluding hydrogens is 518 g/mol. The molecule has 0 radical (unpaired) electrons. The lowest BCUT2D eigenvalue weighted by atomic mass is 10.1. The Morgan fingerprint density at radius 3 is 2.59 bits per heavy atom. The second-order valence-corrected chi connectivity index (χ2v) is 11.3. The molecule has 3 rings (SSSR count). The first-order valence-electron chi connectivity index (χ1n) is 10.7. The third kappa shape index (κ3) is 7.70. The Morgan fingerprint density at radius 1 is 1.18 bits per heavy atom. The fraction of sp³-hybridized carbons (Fsp3) is 0.409. The summed E-state index contributed by atoms with van der Waals surface area (Å²) in [6.45, 7) is 4.54. The van der Waals surface area contributed by atoms with Crippen LogP contribution in [0.3, 0.4) is 0 Å². The van der Waals surface area contributed by atoms with Crippen LogP contribution in [0.5, 0.6) is 5.75 Å². The maximum Gasteiger partial charge on any atom is 0.305 e. The van der Waals surface area contributed by atoms with Crippen molar-refractivity contribution >= 4 is 55.7 Å². The zero-order valence-electron chi connectivity index (χ0n) is 18.9. The zero-order valence-corrected chi connectivity index (χ0v) is 22.2. The quantitative estimate of drug-likeness (QED) is 0.146. The highest BCUT2D eigenvalue weighted by molar-refractivity contribution is 7.99. The molecule has 0 fully saturated rings. The van der Waals surface area contributed by atoms with E-state index in [1.54, 1.807) is 24.8 Å². The predicted molar refractivity (Wildman–Crippen MR) is 142 cm³/mol. The van der Waals surface area contributed by atoms with Gasteiger partial charge in [-0.2, -0.15) is 4.72 Å². The molecule has 0 aliphatic heterocycles. The van der Waals surface area contributed by atoms with Crippen LogP contribution in [0.15, 0.2) is 52.2 Å². The number of rotatable bonds is 13. The first kappa shape index (κ1) is 28.6. The number of H-pyrrole nitrogens is 1. The molecule has 188 valence electrons. The van der Waals surface area contributed by atoms with E-state index >= 15 is 0 Å². The molecule has 0 amide bonds. The summed E-state index contributed by atoms with van der Waals surface area (Å²) in [7, 11) is -3.55. The maximum absolute atomic E-state index is 12.6. The van der Waals surface area contributed by atoms with Gasteiger partial charge in [-0.05, 0) is 31.2 Å². The van der Waals surface area contributed by atoms with E-state index in [9.17, 15) is 18.3 Å². The maximum atomic E-state index is 12.6. The number of phenolic OH excluding ortho intramolecular Hbond substituents is 1. The van der Waals surface area contributed by atoms with E-state index in [0.717, 1.165) is 16.2 Å². The molecule has 2 atom stereocenters. The summed E-state index contributed by atoms with van der Waals surface area (Å²) in [6.07, 6.45) is -0.989. The van der Waals surface area contributed by atoms with Crippen LogP contribution in [0, 0.1) is 0 Å². The molecule has 0 saturated heterocycles. The van der Waals surface area contributed by atoms with Crippen molar-refractivity contribution in [2.45, 2.75) is 37.4 Å². The van der Waals surface area contributed by atoms with E-state index in [1.165, 1.54) is 6.07 Å². The van der Waals surface area contributed by atoms with Crippen LogP contribution in [-0.4, -0.2) is 49.3 Å². The van der Waals surface area contributed by atoms with Crippen molar-refractivity contribution in [1.29, 1.82) is 0 Å². The molecule has 0 aliphatic rings. The normalized spacial score (nSPS) is 13.5. The predicted octanol–water partition coefficient (Wildman–Crippen LogP) is 3.83. The number of thioether (sulfide) groups is 1. The SMILES string of the molecule is CCCS(=O)(=O)NC(NCC)C(OCCSc1ccccc1)c1ccc(O)c2[nH]c(=O)sc12.Cl. The summed E-state index contributed by atoms with van der Waals surface area (Å²) in [6, 6.07) is 13.1.